The summed E-state index contributed by atoms with van der Waals surface area (Å²) in [4.78, 5) is 38.0. The first-order valence-electron chi connectivity index (χ1n) is 8.29. The third kappa shape index (κ3) is 4.34. The third-order valence-electron chi connectivity index (χ3n) is 4.21. The molecule has 1 aromatic carbocycles. The minimum Gasteiger partial charge on any atom is -0.342 e. The van der Waals surface area contributed by atoms with Crippen molar-refractivity contribution in [2.45, 2.75) is 40.0 Å². The molecule has 0 spiro atoms. The van der Waals surface area contributed by atoms with E-state index in [1.807, 2.05) is 0 Å². The SMILES string of the molecule is CC(=O)Nc1ccc(NC(=O)C(C)(C)C(=O)N2CCCCC2)cc1. The molecule has 1 saturated heterocycles. The van der Waals surface area contributed by atoms with Crippen LogP contribution >= 0.6 is 0 Å². The van der Waals surface area contributed by atoms with Gasteiger partial charge in [0.25, 0.3) is 0 Å². The van der Waals surface area contributed by atoms with Crippen LogP contribution in [-0.2, 0) is 14.4 Å². The molecule has 0 saturated carbocycles. The molecule has 2 N–H and O–H groups in total. The Balaban J connectivity index is 2.01. The predicted octanol–water partition coefficient (Wildman–Crippen LogP) is 2.62. The highest BCUT2D eigenvalue weighted by molar-refractivity contribution is 6.09. The molecular weight excluding hydrogens is 306 g/mol. The van der Waals surface area contributed by atoms with Gasteiger partial charge in [-0.25, -0.2) is 0 Å². The second-order valence-electron chi connectivity index (χ2n) is 6.69. The number of hydrogen-bond donors (Lipinski definition) is 2. The Morgan fingerprint density at radius 1 is 0.917 bits per heavy atom. The van der Waals surface area contributed by atoms with Crippen LogP contribution in [0.15, 0.2) is 24.3 Å². The molecule has 1 heterocycles. The van der Waals surface area contributed by atoms with Gasteiger partial charge in [0.1, 0.15) is 5.41 Å². The Hall–Kier alpha value is -2.37. The number of nitrogens with one attached hydrogen (secondary N) is 2. The van der Waals surface area contributed by atoms with E-state index in [-0.39, 0.29) is 17.7 Å². The first-order chi connectivity index (χ1) is 11.3. The van der Waals surface area contributed by atoms with E-state index < -0.39 is 5.41 Å². The molecule has 1 aromatic rings. The van der Waals surface area contributed by atoms with Crippen molar-refractivity contribution >= 4 is 29.1 Å². The molecule has 0 aliphatic carbocycles. The van der Waals surface area contributed by atoms with Crippen LogP contribution in [0.4, 0.5) is 11.4 Å². The van der Waals surface area contributed by atoms with E-state index in [1.54, 1.807) is 43.0 Å². The zero-order valence-corrected chi connectivity index (χ0v) is 14.5. The highest BCUT2D eigenvalue weighted by Gasteiger charge is 2.39. The summed E-state index contributed by atoms with van der Waals surface area (Å²) >= 11 is 0. The van der Waals surface area contributed by atoms with Gasteiger partial charge in [-0.15, -0.1) is 0 Å². The van der Waals surface area contributed by atoms with E-state index in [9.17, 15) is 14.4 Å². The van der Waals surface area contributed by atoms with E-state index in [2.05, 4.69) is 10.6 Å². The number of piperidine rings is 1. The number of hydrogen-bond acceptors (Lipinski definition) is 3. The van der Waals surface area contributed by atoms with E-state index in [1.165, 1.54) is 6.92 Å². The molecule has 6 nitrogen and oxygen atoms in total. The summed E-state index contributed by atoms with van der Waals surface area (Å²) in [6, 6.07) is 6.81. The maximum atomic E-state index is 12.6. The van der Waals surface area contributed by atoms with Gasteiger partial charge in [0, 0.05) is 31.4 Å². The van der Waals surface area contributed by atoms with Crippen molar-refractivity contribution in [2.24, 2.45) is 5.41 Å². The second kappa shape index (κ2) is 7.47. The van der Waals surface area contributed by atoms with Crippen LogP contribution in [0, 0.1) is 5.41 Å². The average Bonchev–Trinajstić information content (AvgIpc) is 2.56. The van der Waals surface area contributed by atoms with Crippen molar-refractivity contribution in [3.63, 3.8) is 0 Å². The number of nitrogens with zero attached hydrogens (tertiary/aromatic N) is 1. The second-order valence-corrected chi connectivity index (χ2v) is 6.69. The number of benzene rings is 1. The third-order valence-corrected chi connectivity index (χ3v) is 4.21. The molecule has 0 bridgehead atoms. The molecule has 6 heteroatoms. The van der Waals surface area contributed by atoms with Crippen molar-refractivity contribution in [2.75, 3.05) is 23.7 Å². The Labute approximate surface area is 142 Å². The molecule has 3 amide bonds. The van der Waals surface area contributed by atoms with Gasteiger partial charge >= 0.3 is 0 Å². The Bertz CT molecular complexity index is 617. The highest BCUT2D eigenvalue weighted by atomic mass is 16.2. The van der Waals surface area contributed by atoms with Crippen LogP contribution in [0.25, 0.3) is 0 Å². The Morgan fingerprint density at radius 3 is 1.92 bits per heavy atom. The van der Waals surface area contributed by atoms with Crippen LogP contribution in [-0.4, -0.2) is 35.7 Å². The van der Waals surface area contributed by atoms with Crippen LogP contribution < -0.4 is 10.6 Å². The normalized spacial score (nSPS) is 14.9. The summed E-state index contributed by atoms with van der Waals surface area (Å²) in [6.07, 6.45) is 3.12. The predicted molar refractivity (Wildman–Crippen MR) is 93.6 cm³/mol. The zero-order valence-electron chi connectivity index (χ0n) is 14.5. The van der Waals surface area contributed by atoms with Crippen LogP contribution in [0.5, 0.6) is 0 Å². The zero-order chi connectivity index (χ0) is 17.7. The lowest BCUT2D eigenvalue weighted by Gasteiger charge is -2.33. The van der Waals surface area contributed by atoms with Crippen molar-refractivity contribution in [3.05, 3.63) is 24.3 Å². The average molecular weight is 331 g/mol. The van der Waals surface area contributed by atoms with Gasteiger partial charge in [0.2, 0.25) is 17.7 Å². The number of anilines is 2. The lowest BCUT2D eigenvalue weighted by molar-refractivity contribution is -0.147. The largest absolute Gasteiger partial charge is 0.342 e. The molecule has 2 rings (SSSR count). The summed E-state index contributed by atoms with van der Waals surface area (Å²) < 4.78 is 0. The number of carbonyl (C=O) groups excluding carboxylic acids is 3. The van der Waals surface area contributed by atoms with Gasteiger partial charge in [-0.1, -0.05) is 0 Å². The van der Waals surface area contributed by atoms with Gasteiger partial charge in [-0.3, -0.25) is 14.4 Å². The smallest absolute Gasteiger partial charge is 0.239 e. The molecule has 1 fully saturated rings. The summed E-state index contributed by atoms with van der Waals surface area (Å²) in [5.41, 5.74) is 0.131. The van der Waals surface area contributed by atoms with Crippen LogP contribution in [0.1, 0.15) is 40.0 Å². The minimum absolute atomic E-state index is 0.130. The quantitative estimate of drug-likeness (QED) is 0.833. The van der Waals surface area contributed by atoms with E-state index >= 15 is 0 Å². The molecule has 0 aromatic heterocycles. The fourth-order valence-corrected chi connectivity index (χ4v) is 2.72. The van der Waals surface area contributed by atoms with Crippen molar-refractivity contribution in [3.8, 4) is 0 Å². The maximum Gasteiger partial charge on any atom is 0.239 e. The lowest BCUT2D eigenvalue weighted by atomic mass is 9.89. The van der Waals surface area contributed by atoms with Gasteiger partial charge in [0.05, 0.1) is 0 Å². The van der Waals surface area contributed by atoms with Crippen LogP contribution in [0.2, 0.25) is 0 Å². The monoisotopic (exact) mass is 331 g/mol. The minimum atomic E-state index is -1.12. The molecular formula is C18H25N3O3. The van der Waals surface area contributed by atoms with Gasteiger partial charge in [-0.2, -0.15) is 0 Å². The topological polar surface area (TPSA) is 78.5 Å². The fraction of sp³-hybridized carbons (Fsp3) is 0.500. The molecule has 0 radical (unpaired) electrons. The molecule has 0 atom stereocenters. The number of rotatable bonds is 4. The first-order valence-corrected chi connectivity index (χ1v) is 8.29. The Kier molecular flexibility index (Phi) is 5.59. The van der Waals surface area contributed by atoms with Gasteiger partial charge in [0.15, 0.2) is 0 Å². The van der Waals surface area contributed by atoms with E-state index in [4.69, 9.17) is 0 Å². The molecule has 1 aliphatic heterocycles. The van der Waals surface area contributed by atoms with E-state index in [0.717, 1.165) is 32.4 Å². The molecule has 130 valence electrons. The maximum absolute atomic E-state index is 12.6. The molecule has 1 aliphatic rings. The number of carbonyl (C=O) groups is 3. The van der Waals surface area contributed by atoms with Gasteiger partial charge in [-0.05, 0) is 57.4 Å². The summed E-state index contributed by atoms with van der Waals surface area (Å²) in [5, 5.41) is 5.45. The van der Waals surface area contributed by atoms with Crippen molar-refractivity contribution in [1.29, 1.82) is 0 Å². The summed E-state index contributed by atoms with van der Waals surface area (Å²) in [6.45, 7) is 6.20. The number of likely N-dealkylation sites (tertiary alicyclic amines) is 1. The molecule has 0 unspecified atom stereocenters. The first kappa shape index (κ1) is 18.0. The standard InChI is InChI=1S/C18H25N3O3/c1-13(22)19-14-7-9-15(10-8-14)20-16(23)18(2,3)17(24)21-11-5-4-6-12-21/h7-10H,4-6,11-12H2,1-3H3,(H,19,22)(H,20,23). The lowest BCUT2D eigenvalue weighted by Crippen LogP contribution is -2.48. The van der Waals surface area contributed by atoms with Crippen molar-refractivity contribution < 1.29 is 14.4 Å². The highest BCUT2D eigenvalue weighted by Crippen LogP contribution is 2.24. The number of amides is 3. The van der Waals surface area contributed by atoms with E-state index in [0.29, 0.717) is 11.4 Å². The fourth-order valence-electron chi connectivity index (χ4n) is 2.72. The Morgan fingerprint density at radius 2 is 1.42 bits per heavy atom. The summed E-state index contributed by atoms with van der Waals surface area (Å²) in [7, 11) is 0. The molecule has 24 heavy (non-hydrogen) atoms. The van der Waals surface area contributed by atoms with Crippen molar-refractivity contribution in [1.82, 2.24) is 4.90 Å². The van der Waals surface area contributed by atoms with Gasteiger partial charge < -0.3 is 15.5 Å². The summed E-state index contributed by atoms with van der Waals surface area (Å²) in [5.74, 6) is -0.611. The van der Waals surface area contributed by atoms with Crippen LogP contribution in [0.3, 0.4) is 0 Å².